The Kier molecular flexibility index (Phi) is 7.96. The van der Waals surface area contributed by atoms with Gasteiger partial charge in [0.25, 0.3) is 0 Å². The number of nitrogens with zero attached hydrogens (tertiary/aromatic N) is 5. The summed E-state index contributed by atoms with van der Waals surface area (Å²) in [5.41, 5.74) is 0. The van der Waals surface area contributed by atoms with Gasteiger partial charge in [0.1, 0.15) is 0 Å². The Labute approximate surface area is 153 Å². The van der Waals surface area contributed by atoms with Crippen molar-refractivity contribution in [3.63, 3.8) is 0 Å². The monoisotopic (exact) mass is 352 g/mol. The first-order valence-electron chi connectivity index (χ1n) is 9.80. The first kappa shape index (κ1) is 20.0. The lowest BCUT2D eigenvalue weighted by molar-refractivity contribution is -0.130. The molecule has 0 radical (unpaired) electrons. The number of likely N-dealkylation sites (N-methyl/N-ethyl adjacent to an activating group) is 1. The molecule has 7 heteroatoms. The molecular formula is C18H36N6O. The van der Waals surface area contributed by atoms with Crippen LogP contribution in [-0.2, 0) is 4.79 Å². The SMILES string of the molecule is CCNC(=NCC(C)N1CCN(CC)CC1)N1CCN(C(C)=O)CC1. The molecule has 0 aromatic rings. The first-order chi connectivity index (χ1) is 12.0. The van der Waals surface area contributed by atoms with Gasteiger partial charge in [-0.2, -0.15) is 0 Å². The van der Waals surface area contributed by atoms with Crippen LogP contribution in [0.3, 0.4) is 0 Å². The van der Waals surface area contributed by atoms with E-state index in [9.17, 15) is 4.79 Å². The van der Waals surface area contributed by atoms with Gasteiger partial charge in [0.05, 0.1) is 6.54 Å². The number of hydrogen-bond donors (Lipinski definition) is 1. The normalized spacial score (nSPS) is 22.2. The fourth-order valence-electron chi connectivity index (χ4n) is 3.51. The molecule has 2 aliphatic heterocycles. The van der Waals surface area contributed by atoms with E-state index in [0.29, 0.717) is 6.04 Å². The molecule has 0 aromatic carbocycles. The third-order valence-electron chi connectivity index (χ3n) is 5.34. The Morgan fingerprint density at radius 3 is 2.12 bits per heavy atom. The van der Waals surface area contributed by atoms with Gasteiger partial charge < -0.3 is 20.0 Å². The number of piperazine rings is 2. The van der Waals surface area contributed by atoms with Crippen molar-refractivity contribution in [3.8, 4) is 0 Å². The lowest BCUT2D eigenvalue weighted by atomic mass is 10.2. The molecular weight excluding hydrogens is 316 g/mol. The third kappa shape index (κ3) is 5.85. The number of carbonyl (C=O) groups is 1. The van der Waals surface area contributed by atoms with Gasteiger partial charge in [-0.3, -0.25) is 14.7 Å². The van der Waals surface area contributed by atoms with Gasteiger partial charge >= 0.3 is 0 Å². The second-order valence-corrected chi connectivity index (χ2v) is 7.01. The Morgan fingerprint density at radius 1 is 1.00 bits per heavy atom. The van der Waals surface area contributed by atoms with Crippen LogP contribution in [0.5, 0.6) is 0 Å². The van der Waals surface area contributed by atoms with Crippen molar-refractivity contribution >= 4 is 11.9 Å². The number of amides is 1. The zero-order valence-corrected chi connectivity index (χ0v) is 16.5. The van der Waals surface area contributed by atoms with Crippen LogP contribution in [0, 0.1) is 0 Å². The maximum Gasteiger partial charge on any atom is 0.219 e. The molecule has 0 spiro atoms. The van der Waals surface area contributed by atoms with Gasteiger partial charge in [-0.1, -0.05) is 6.92 Å². The van der Waals surface area contributed by atoms with E-state index in [0.717, 1.165) is 78.0 Å². The molecule has 0 saturated carbocycles. The topological polar surface area (TPSA) is 54.4 Å². The predicted octanol–water partition coefficient (Wildman–Crippen LogP) is 0.142. The molecule has 2 aliphatic rings. The summed E-state index contributed by atoms with van der Waals surface area (Å²) in [5, 5.41) is 3.42. The van der Waals surface area contributed by atoms with Crippen LogP contribution in [-0.4, -0.2) is 110 Å². The van der Waals surface area contributed by atoms with E-state index in [-0.39, 0.29) is 5.91 Å². The Hall–Kier alpha value is -1.34. The minimum absolute atomic E-state index is 0.168. The van der Waals surface area contributed by atoms with Crippen molar-refractivity contribution in [2.24, 2.45) is 4.99 Å². The number of hydrogen-bond acceptors (Lipinski definition) is 4. The van der Waals surface area contributed by atoms with Crippen molar-refractivity contribution in [1.82, 2.24) is 24.9 Å². The summed E-state index contributed by atoms with van der Waals surface area (Å²) in [4.78, 5) is 25.6. The van der Waals surface area contributed by atoms with Crippen LogP contribution in [0.15, 0.2) is 4.99 Å². The summed E-state index contributed by atoms with van der Waals surface area (Å²) in [6, 6.07) is 0.464. The minimum atomic E-state index is 0.168. The standard InChI is InChI=1S/C18H36N6O/c1-5-19-18(24-13-11-23(12-14-24)17(4)25)20-15-16(3)22-9-7-21(6-2)8-10-22/h16H,5-15H2,1-4H3,(H,19,20). The number of guanidine groups is 1. The summed E-state index contributed by atoms with van der Waals surface area (Å²) in [6.45, 7) is 19.0. The molecule has 7 nitrogen and oxygen atoms in total. The Morgan fingerprint density at radius 2 is 1.60 bits per heavy atom. The molecule has 1 unspecified atom stereocenters. The van der Waals surface area contributed by atoms with E-state index >= 15 is 0 Å². The highest BCUT2D eigenvalue weighted by molar-refractivity contribution is 5.80. The molecule has 2 saturated heterocycles. The van der Waals surface area contributed by atoms with Gasteiger partial charge in [0.2, 0.25) is 5.91 Å². The second-order valence-electron chi connectivity index (χ2n) is 7.01. The van der Waals surface area contributed by atoms with Crippen LogP contribution >= 0.6 is 0 Å². The molecule has 0 aliphatic carbocycles. The molecule has 0 aromatic heterocycles. The lowest BCUT2D eigenvalue weighted by Crippen LogP contribution is -2.54. The number of carbonyl (C=O) groups excluding carboxylic acids is 1. The summed E-state index contributed by atoms with van der Waals surface area (Å²) in [6.07, 6.45) is 0. The molecule has 1 amide bonds. The largest absolute Gasteiger partial charge is 0.357 e. The van der Waals surface area contributed by atoms with E-state index in [2.05, 4.69) is 40.8 Å². The molecule has 2 rings (SSSR count). The lowest BCUT2D eigenvalue weighted by Gasteiger charge is -2.38. The van der Waals surface area contributed by atoms with Crippen LogP contribution < -0.4 is 5.32 Å². The highest BCUT2D eigenvalue weighted by atomic mass is 16.2. The van der Waals surface area contributed by atoms with Crippen molar-refractivity contribution in [1.29, 1.82) is 0 Å². The zero-order valence-electron chi connectivity index (χ0n) is 16.5. The minimum Gasteiger partial charge on any atom is -0.357 e. The fourth-order valence-corrected chi connectivity index (χ4v) is 3.51. The summed E-state index contributed by atoms with van der Waals surface area (Å²) < 4.78 is 0. The third-order valence-corrected chi connectivity index (χ3v) is 5.34. The number of aliphatic imine (C=N–C) groups is 1. The smallest absolute Gasteiger partial charge is 0.219 e. The maximum absolute atomic E-state index is 11.5. The average molecular weight is 353 g/mol. The van der Waals surface area contributed by atoms with E-state index in [4.69, 9.17) is 4.99 Å². The van der Waals surface area contributed by atoms with Crippen LogP contribution in [0.25, 0.3) is 0 Å². The Balaban J connectivity index is 1.86. The molecule has 2 fully saturated rings. The van der Waals surface area contributed by atoms with E-state index in [1.54, 1.807) is 6.92 Å². The molecule has 1 atom stereocenters. The Bertz CT molecular complexity index is 439. The highest BCUT2D eigenvalue weighted by Gasteiger charge is 2.22. The van der Waals surface area contributed by atoms with Gasteiger partial charge in [-0.15, -0.1) is 0 Å². The zero-order chi connectivity index (χ0) is 18.2. The van der Waals surface area contributed by atoms with Crippen LogP contribution in [0.2, 0.25) is 0 Å². The summed E-state index contributed by atoms with van der Waals surface area (Å²) in [7, 11) is 0. The maximum atomic E-state index is 11.5. The average Bonchev–Trinajstić information content (AvgIpc) is 2.65. The van der Waals surface area contributed by atoms with Crippen molar-refractivity contribution in [2.45, 2.75) is 33.7 Å². The van der Waals surface area contributed by atoms with E-state index < -0.39 is 0 Å². The highest BCUT2D eigenvalue weighted by Crippen LogP contribution is 2.08. The molecule has 0 bridgehead atoms. The molecule has 25 heavy (non-hydrogen) atoms. The van der Waals surface area contributed by atoms with Crippen molar-refractivity contribution in [3.05, 3.63) is 0 Å². The molecule has 144 valence electrons. The van der Waals surface area contributed by atoms with Crippen LogP contribution in [0.4, 0.5) is 0 Å². The fraction of sp³-hybridized carbons (Fsp3) is 0.889. The van der Waals surface area contributed by atoms with Gasteiger partial charge in [0, 0.05) is 71.9 Å². The van der Waals surface area contributed by atoms with E-state index in [1.807, 2.05) is 4.90 Å². The van der Waals surface area contributed by atoms with E-state index in [1.165, 1.54) is 0 Å². The summed E-state index contributed by atoms with van der Waals surface area (Å²) >= 11 is 0. The molecule has 2 heterocycles. The second kappa shape index (κ2) is 9.97. The van der Waals surface area contributed by atoms with Gasteiger partial charge in [-0.05, 0) is 20.4 Å². The quantitative estimate of drug-likeness (QED) is 0.564. The summed E-state index contributed by atoms with van der Waals surface area (Å²) in [5.74, 6) is 1.16. The first-order valence-corrected chi connectivity index (χ1v) is 9.80. The van der Waals surface area contributed by atoms with Gasteiger partial charge in [-0.25, -0.2) is 0 Å². The van der Waals surface area contributed by atoms with Crippen molar-refractivity contribution in [2.75, 3.05) is 72.0 Å². The number of nitrogens with one attached hydrogen (secondary N) is 1. The van der Waals surface area contributed by atoms with Gasteiger partial charge in [0.15, 0.2) is 5.96 Å². The predicted molar refractivity (Wildman–Crippen MR) is 103 cm³/mol. The number of rotatable bonds is 5. The van der Waals surface area contributed by atoms with Crippen molar-refractivity contribution < 1.29 is 4.79 Å². The molecule has 1 N–H and O–H groups in total. The van der Waals surface area contributed by atoms with Crippen LogP contribution in [0.1, 0.15) is 27.7 Å².